The summed E-state index contributed by atoms with van der Waals surface area (Å²) in [6.07, 6.45) is 3.99. The highest BCUT2D eigenvalue weighted by molar-refractivity contribution is 7.88. The van der Waals surface area contributed by atoms with Crippen molar-refractivity contribution in [3.63, 3.8) is 0 Å². The summed E-state index contributed by atoms with van der Waals surface area (Å²) >= 11 is 0. The van der Waals surface area contributed by atoms with Crippen molar-refractivity contribution in [2.24, 2.45) is 0 Å². The molecule has 1 rings (SSSR count). The Labute approximate surface area is 122 Å². The van der Waals surface area contributed by atoms with Crippen LogP contribution in [0.4, 0.5) is 0 Å². The van der Waals surface area contributed by atoms with Crippen LogP contribution in [-0.4, -0.2) is 81.0 Å². The molecule has 0 aliphatic carbocycles. The van der Waals surface area contributed by atoms with Crippen LogP contribution < -0.4 is 0 Å². The Kier molecular flexibility index (Phi) is 6.91. The van der Waals surface area contributed by atoms with Crippen LogP contribution in [0.1, 0.15) is 26.2 Å². The van der Waals surface area contributed by atoms with Gasteiger partial charge in [0.2, 0.25) is 15.9 Å². The number of unbranched alkanes of at least 4 members (excludes halogenated alkanes) is 2. The standard InChI is InChI=1S/C13H27N3O3S/c1-4-5-6-7-16(20(3,18)19)12-13(17)15-10-8-14(2)9-11-15/h4-12H2,1-3H3. The topological polar surface area (TPSA) is 60.9 Å². The summed E-state index contributed by atoms with van der Waals surface area (Å²) in [7, 11) is -1.29. The fraction of sp³-hybridized carbons (Fsp3) is 0.923. The predicted molar refractivity (Wildman–Crippen MR) is 80.0 cm³/mol. The van der Waals surface area contributed by atoms with Crippen molar-refractivity contribution in [2.75, 3.05) is 52.6 Å². The molecule has 6 nitrogen and oxygen atoms in total. The summed E-state index contributed by atoms with van der Waals surface area (Å²) in [5, 5.41) is 0. The third kappa shape index (κ3) is 5.76. The van der Waals surface area contributed by atoms with Gasteiger partial charge in [0.25, 0.3) is 0 Å². The minimum atomic E-state index is -3.31. The van der Waals surface area contributed by atoms with Crippen LogP contribution >= 0.6 is 0 Å². The lowest BCUT2D eigenvalue weighted by Gasteiger charge is -2.33. The first-order valence-corrected chi connectivity index (χ1v) is 9.11. The zero-order valence-corrected chi connectivity index (χ0v) is 13.7. The molecule has 20 heavy (non-hydrogen) atoms. The van der Waals surface area contributed by atoms with Crippen molar-refractivity contribution >= 4 is 15.9 Å². The SMILES string of the molecule is CCCCCN(CC(=O)N1CCN(C)CC1)S(C)(=O)=O. The molecule has 1 fully saturated rings. The normalized spacial score (nSPS) is 17.7. The van der Waals surface area contributed by atoms with E-state index in [0.717, 1.165) is 32.4 Å². The van der Waals surface area contributed by atoms with Crippen LogP contribution in [0.2, 0.25) is 0 Å². The van der Waals surface area contributed by atoms with E-state index in [1.165, 1.54) is 10.6 Å². The number of hydrogen-bond acceptors (Lipinski definition) is 4. The second kappa shape index (κ2) is 7.95. The molecular weight excluding hydrogens is 278 g/mol. The first-order chi connectivity index (χ1) is 9.34. The van der Waals surface area contributed by atoms with E-state index in [1.54, 1.807) is 4.90 Å². The van der Waals surface area contributed by atoms with Gasteiger partial charge in [0, 0.05) is 32.7 Å². The number of carbonyl (C=O) groups excluding carboxylic acids is 1. The van der Waals surface area contributed by atoms with Crippen LogP contribution in [0.3, 0.4) is 0 Å². The van der Waals surface area contributed by atoms with E-state index in [2.05, 4.69) is 11.8 Å². The highest BCUT2D eigenvalue weighted by Gasteiger charge is 2.24. The average Bonchev–Trinajstić information content (AvgIpc) is 2.37. The molecule has 0 atom stereocenters. The second-order valence-corrected chi connectivity index (χ2v) is 7.47. The molecule has 7 heteroatoms. The number of carbonyl (C=O) groups is 1. The van der Waals surface area contributed by atoms with Gasteiger partial charge in [-0.25, -0.2) is 8.42 Å². The van der Waals surface area contributed by atoms with Gasteiger partial charge < -0.3 is 9.80 Å². The summed E-state index contributed by atoms with van der Waals surface area (Å²) < 4.78 is 24.8. The van der Waals surface area contributed by atoms with Crippen LogP contribution in [-0.2, 0) is 14.8 Å². The highest BCUT2D eigenvalue weighted by atomic mass is 32.2. The van der Waals surface area contributed by atoms with E-state index in [4.69, 9.17) is 0 Å². The smallest absolute Gasteiger partial charge is 0.237 e. The fourth-order valence-corrected chi connectivity index (χ4v) is 3.01. The molecule has 0 spiro atoms. The molecule has 0 bridgehead atoms. The summed E-state index contributed by atoms with van der Waals surface area (Å²) in [6, 6.07) is 0. The molecule has 1 aliphatic rings. The number of amides is 1. The highest BCUT2D eigenvalue weighted by Crippen LogP contribution is 2.06. The number of sulfonamides is 1. The Balaban J connectivity index is 2.53. The van der Waals surface area contributed by atoms with Crippen LogP contribution in [0.15, 0.2) is 0 Å². The molecule has 0 aromatic rings. The largest absolute Gasteiger partial charge is 0.339 e. The van der Waals surface area contributed by atoms with Gasteiger partial charge in [0.1, 0.15) is 0 Å². The number of piperazine rings is 1. The van der Waals surface area contributed by atoms with Gasteiger partial charge in [0.05, 0.1) is 12.8 Å². The molecule has 118 valence electrons. The lowest BCUT2D eigenvalue weighted by molar-refractivity contribution is -0.132. The molecule has 0 aromatic carbocycles. The Morgan fingerprint density at radius 1 is 1.15 bits per heavy atom. The number of hydrogen-bond donors (Lipinski definition) is 0. The Bertz CT molecular complexity index is 403. The van der Waals surface area contributed by atoms with Crippen LogP contribution in [0, 0.1) is 0 Å². The molecule has 1 aliphatic heterocycles. The van der Waals surface area contributed by atoms with Crippen molar-refractivity contribution < 1.29 is 13.2 Å². The van der Waals surface area contributed by atoms with E-state index < -0.39 is 10.0 Å². The molecule has 1 saturated heterocycles. The van der Waals surface area contributed by atoms with Gasteiger partial charge in [-0.05, 0) is 13.5 Å². The quantitative estimate of drug-likeness (QED) is 0.631. The summed E-state index contributed by atoms with van der Waals surface area (Å²) in [6.45, 7) is 5.54. The predicted octanol–water partition coefficient (Wildman–Crippen LogP) is 0.212. The van der Waals surface area contributed by atoms with E-state index in [0.29, 0.717) is 19.6 Å². The molecular formula is C13H27N3O3S. The van der Waals surface area contributed by atoms with Crippen molar-refractivity contribution in [3.05, 3.63) is 0 Å². The third-order valence-electron chi connectivity index (χ3n) is 3.65. The van der Waals surface area contributed by atoms with Crippen molar-refractivity contribution in [2.45, 2.75) is 26.2 Å². The van der Waals surface area contributed by atoms with Gasteiger partial charge in [-0.2, -0.15) is 4.31 Å². The van der Waals surface area contributed by atoms with Crippen LogP contribution in [0.25, 0.3) is 0 Å². The molecule has 1 amide bonds. The maximum absolute atomic E-state index is 12.2. The number of likely N-dealkylation sites (N-methyl/N-ethyl adjacent to an activating group) is 1. The summed E-state index contributed by atoms with van der Waals surface area (Å²) in [4.78, 5) is 16.1. The van der Waals surface area contributed by atoms with Gasteiger partial charge >= 0.3 is 0 Å². The molecule has 0 aromatic heterocycles. The van der Waals surface area contributed by atoms with Crippen LogP contribution in [0.5, 0.6) is 0 Å². The summed E-state index contributed by atoms with van der Waals surface area (Å²) in [5.41, 5.74) is 0. The zero-order valence-electron chi connectivity index (χ0n) is 12.8. The van der Waals surface area contributed by atoms with Crippen molar-refractivity contribution in [1.29, 1.82) is 0 Å². The monoisotopic (exact) mass is 305 g/mol. The van der Waals surface area contributed by atoms with Gasteiger partial charge in [-0.3, -0.25) is 4.79 Å². The van der Waals surface area contributed by atoms with Gasteiger partial charge in [0.15, 0.2) is 0 Å². The zero-order chi connectivity index (χ0) is 15.2. The Morgan fingerprint density at radius 2 is 1.75 bits per heavy atom. The van der Waals surface area contributed by atoms with E-state index in [1.807, 2.05) is 7.05 Å². The van der Waals surface area contributed by atoms with E-state index >= 15 is 0 Å². The maximum atomic E-state index is 12.2. The van der Waals surface area contributed by atoms with Crippen molar-refractivity contribution in [3.8, 4) is 0 Å². The summed E-state index contributed by atoms with van der Waals surface area (Å²) in [5.74, 6) is -0.0833. The fourth-order valence-electron chi connectivity index (χ4n) is 2.21. The third-order valence-corrected chi connectivity index (χ3v) is 4.90. The molecule has 0 saturated carbocycles. The number of rotatable bonds is 7. The minimum absolute atomic E-state index is 0.0216. The molecule has 0 radical (unpaired) electrons. The molecule has 0 N–H and O–H groups in total. The second-order valence-electron chi connectivity index (χ2n) is 5.49. The first-order valence-electron chi connectivity index (χ1n) is 7.26. The maximum Gasteiger partial charge on any atom is 0.237 e. The first kappa shape index (κ1) is 17.4. The lowest BCUT2D eigenvalue weighted by Crippen LogP contribution is -2.50. The minimum Gasteiger partial charge on any atom is -0.339 e. The Morgan fingerprint density at radius 3 is 2.25 bits per heavy atom. The van der Waals surface area contributed by atoms with Gasteiger partial charge in [-0.1, -0.05) is 19.8 Å². The van der Waals surface area contributed by atoms with Gasteiger partial charge in [-0.15, -0.1) is 0 Å². The van der Waals surface area contributed by atoms with E-state index in [9.17, 15) is 13.2 Å². The average molecular weight is 305 g/mol. The molecule has 1 heterocycles. The molecule has 0 unspecified atom stereocenters. The van der Waals surface area contributed by atoms with E-state index in [-0.39, 0.29) is 12.5 Å². The number of nitrogens with zero attached hydrogens (tertiary/aromatic N) is 3. The van der Waals surface area contributed by atoms with Crippen molar-refractivity contribution in [1.82, 2.24) is 14.1 Å². The Hall–Kier alpha value is -0.660. The lowest BCUT2D eigenvalue weighted by atomic mass is 10.2.